The van der Waals surface area contributed by atoms with Gasteiger partial charge in [-0.2, -0.15) is 0 Å². The second kappa shape index (κ2) is 5.31. The SMILES string of the molecule is CCC(CN1C(=O)Cc2ccccc2C1=O)NC. The van der Waals surface area contributed by atoms with E-state index in [4.69, 9.17) is 0 Å². The van der Waals surface area contributed by atoms with Gasteiger partial charge < -0.3 is 5.32 Å². The number of rotatable bonds is 4. The molecule has 4 heteroatoms. The number of likely N-dealkylation sites (N-methyl/N-ethyl adjacent to an activating group) is 1. The standard InChI is InChI=1S/C14H18N2O2/c1-3-11(15-2)9-16-13(17)8-10-6-4-5-7-12(10)14(16)18/h4-7,11,15H,3,8-9H2,1-2H3. The van der Waals surface area contributed by atoms with Crippen LogP contribution >= 0.6 is 0 Å². The molecule has 0 fully saturated rings. The van der Waals surface area contributed by atoms with Crippen molar-refractivity contribution in [2.24, 2.45) is 0 Å². The molecule has 0 bridgehead atoms. The number of imide groups is 1. The Morgan fingerprint density at radius 3 is 2.72 bits per heavy atom. The van der Waals surface area contributed by atoms with Gasteiger partial charge in [-0.1, -0.05) is 25.1 Å². The Balaban J connectivity index is 2.24. The lowest BCUT2D eigenvalue weighted by molar-refractivity contribution is -0.128. The summed E-state index contributed by atoms with van der Waals surface area (Å²) in [5.74, 6) is -0.275. The van der Waals surface area contributed by atoms with Crippen LogP contribution in [-0.4, -0.2) is 36.3 Å². The Labute approximate surface area is 107 Å². The molecule has 0 spiro atoms. The van der Waals surface area contributed by atoms with Gasteiger partial charge in [0, 0.05) is 18.2 Å². The maximum absolute atomic E-state index is 12.3. The first-order chi connectivity index (χ1) is 8.67. The van der Waals surface area contributed by atoms with Crippen molar-refractivity contribution in [3.63, 3.8) is 0 Å². The summed E-state index contributed by atoms with van der Waals surface area (Å²) in [7, 11) is 1.85. The minimum Gasteiger partial charge on any atom is -0.315 e. The van der Waals surface area contributed by atoms with Gasteiger partial charge in [0.25, 0.3) is 5.91 Å². The van der Waals surface area contributed by atoms with Crippen molar-refractivity contribution in [2.75, 3.05) is 13.6 Å². The summed E-state index contributed by atoms with van der Waals surface area (Å²) in [5, 5.41) is 3.12. The summed E-state index contributed by atoms with van der Waals surface area (Å²) < 4.78 is 0. The van der Waals surface area contributed by atoms with Crippen LogP contribution in [0.3, 0.4) is 0 Å². The minimum atomic E-state index is -0.171. The van der Waals surface area contributed by atoms with E-state index in [1.54, 1.807) is 6.07 Å². The van der Waals surface area contributed by atoms with E-state index in [0.717, 1.165) is 12.0 Å². The van der Waals surface area contributed by atoms with Gasteiger partial charge in [0.2, 0.25) is 5.91 Å². The highest BCUT2D eigenvalue weighted by Gasteiger charge is 2.31. The highest BCUT2D eigenvalue weighted by Crippen LogP contribution is 2.19. The minimum absolute atomic E-state index is 0.104. The Bertz CT molecular complexity index is 467. The zero-order valence-corrected chi connectivity index (χ0v) is 10.8. The molecular weight excluding hydrogens is 228 g/mol. The molecule has 4 nitrogen and oxygen atoms in total. The number of hydrogen-bond donors (Lipinski definition) is 1. The third kappa shape index (κ3) is 2.29. The molecule has 0 saturated heterocycles. The second-order valence-corrected chi connectivity index (χ2v) is 4.54. The molecule has 0 saturated carbocycles. The van der Waals surface area contributed by atoms with Crippen molar-refractivity contribution in [1.29, 1.82) is 0 Å². The van der Waals surface area contributed by atoms with E-state index in [9.17, 15) is 9.59 Å². The zero-order valence-electron chi connectivity index (χ0n) is 10.8. The molecule has 1 aliphatic heterocycles. The molecule has 0 aliphatic carbocycles. The number of amides is 2. The predicted molar refractivity (Wildman–Crippen MR) is 69.3 cm³/mol. The summed E-state index contributed by atoms with van der Waals surface area (Å²) in [5.41, 5.74) is 1.49. The van der Waals surface area contributed by atoms with E-state index in [1.807, 2.05) is 32.2 Å². The number of benzene rings is 1. The van der Waals surface area contributed by atoms with Crippen LogP contribution in [-0.2, 0) is 11.2 Å². The fourth-order valence-electron chi connectivity index (χ4n) is 2.23. The van der Waals surface area contributed by atoms with Gasteiger partial charge in [-0.05, 0) is 25.1 Å². The van der Waals surface area contributed by atoms with E-state index >= 15 is 0 Å². The molecule has 1 unspecified atom stereocenters. The first-order valence-electron chi connectivity index (χ1n) is 6.27. The molecule has 1 aromatic carbocycles. The zero-order chi connectivity index (χ0) is 13.1. The smallest absolute Gasteiger partial charge is 0.260 e. The lowest BCUT2D eigenvalue weighted by atomic mass is 9.98. The number of carbonyl (C=O) groups is 2. The van der Waals surface area contributed by atoms with Crippen molar-refractivity contribution in [3.8, 4) is 0 Å². The van der Waals surface area contributed by atoms with Gasteiger partial charge in [-0.25, -0.2) is 0 Å². The fourth-order valence-corrected chi connectivity index (χ4v) is 2.23. The van der Waals surface area contributed by atoms with Crippen LogP contribution in [0.15, 0.2) is 24.3 Å². The van der Waals surface area contributed by atoms with Crippen LogP contribution in [0.5, 0.6) is 0 Å². The summed E-state index contributed by atoms with van der Waals surface area (Å²) in [4.78, 5) is 25.7. The highest BCUT2D eigenvalue weighted by atomic mass is 16.2. The van der Waals surface area contributed by atoms with Crippen molar-refractivity contribution in [1.82, 2.24) is 10.2 Å². The number of nitrogens with one attached hydrogen (secondary N) is 1. The van der Waals surface area contributed by atoms with E-state index < -0.39 is 0 Å². The molecule has 0 aromatic heterocycles. The Morgan fingerprint density at radius 2 is 2.06 bits per heavy atom. The van der Waals surface area contributed by atoms with Crippen LogP contribution in [0.4, 0.5) is 0 Å². The Kier molecular flexibility index (Phi) is 3.77. The van der Waals surface area contributed by atoms with Crippen LogP contribution < -0.4 is 5.32 Å². The fraction of sp³-hybridized carbons (Fsp3) is 0.429. The molecule has 1 atom stereocenters. The van der Waals surface area contributed by atoms with Crippen molar-refractivity contribution in [3.05, 3.63) is 35.4 Å². The molecule has 2 amide bonds. The number of fused-ring (bicyclic) bond motifs is 1. The van der Waals surface area contributed by atoms with E-state index in [1.165, 1.54) is 4.90 Å². The monoisotopic (exact) mass is 246 g/mol. The van der Waals surface area contributed by atoms with Crippen molar-refractivity contribution < 1.29 is 9.59 Å². The molecule has 1 aliphatic rings. The van der Waals surface area contributed by atoms with Gasteiger partial charge in [0.05, 0.1) is 6.42 Å². The number of carbonyl (C=O) groups excluding carboxylic acids is 2. The largest absolute Gasteiger partial charge is 0.315 e. The number of hydrogen-bond acceptors (Lipinski definition) is 3. The highest BCUT2D eigenvalue weighted by molar-refractivity contribution is 6.09. The average molecular weight is 246 g/mol. The quantitative estimate of drug-likeness (QED) is 0.812. The van der Waals surface area contributed by atoms with Crippen molar-refractivity contribution >= 4 is 11.8 Å². The molecule has 2 rings (SSSR count). The van der Waals surface area contributed by atoms with Gasteiger partial charge in [0.1, 0.15) is 0 Å². The van der Waals surface area contributed by atoms with Crippen LogP contribution in [0.25, 0.3) is 0 Å². The van der Waals surface area contributed by atoms with E-state index in [-0.39, 0.29) is 17.9 Å². The molecule has 1 N–H and O–H groups in total. The maximum atomic E-state index is 12.3. The van der Waals surface area contributed by atoms with Gasteiger partial charge >= 0.3 is 0 Å². The first kappa shape index (κ1) is 12.8. The van der Waals surface area contributed by atoms with Crippen LogP contribution in [0.2, 0.25) is 0 Å². The topological polar surface area (TPSA) is 49.4 Å². The third-order valence-electron chi connectivity index (χ3n) is 3.44. The molecule has 18 heavy (non-hydrogen) atoms. The summed E-state index contributed by atoms with van der Waals surface area (Å²) >= 11 is 0. The van der Waals surface area contributed by atoms with E-state index in [0.29, 0.717) is 18.5 Å². The molecule has 96 valence electrons. The van der Waals surface area contributed by atoms with Gasteiger partial charge in [-0.3, -0.25) is 14.5 Å². The van der Waals surface area contributed by atoms with Crippen LogP contribution in [0.1, 0.15) is 29.3 Å². The van der Waals surface area contributed by atoms with Crippen LogP contribution in [0, 0.1) is 0 Å². The normalized spacial score (nSPS) is 16.7. The average Bonchev–Trinajstić information content (AvgIpc) is 2.39. The molecule has 0 radical (unpaired) electrons. The van der Waals surface area contributed by atoms with E-state index in [2.05, 4.69) is 5.32 Å². The van der Waals surface area contributed by atoms with Crippen molar-refractivity contribution in [2.45, 2.75) is 25.8 Å². The van der Waals surface area contributed by atoms with Gasteiger partial charge in [0.15, 0.2) is 0 Å². The third-order valence-corrected chi connectivity index (χ3v) is 3.44. The molecule has 1 heterocycles. The molecular formula is C14H18N2O2. The lowest BCUT2D eigenvalue weighted by Gasteiger charge is -2.29. The Hall–Kier alpha value is -1.68. The summed E-state index contributed by atoms with van der Waals surface area (Å²) in [6.07, 6.45) is 1.21. The second-order valence-electron chi connectivity index (χ2n) is 4.54. The maximum Gasteiger partial charge on any atom is 0.260 e. The Morgan fingerprint density at radius 1 is 1.33 bits per heavy atom. The van der Waals surface area contributed by atoms with Gasteiger partial charge in [-0.15, -0.1) is 0 Å². The summed E-state index contributed by atoms with van der Waals surface area (Å²) in [6, 6.07) is 7.48. The predicted octanol–water partition coefficient (Wildman–Crippen LogP) is 1.21. The molecule has 1 aromatic rings. The first-order valence-corrected chi connectivity index (χ1v) is 6.27. The number of nitrogens with zero attached hydrogens (tertiary/aromatic N) is 1. The summed E-state index contributed by atoms with van der Waals surface area (Å²) in [6.45, 7) is 2.48. The lowest BCUT2D eigenvalue weighted by Crippen LogP contribution is -2.48.